The maximum absolute atomic E-state index is 12.3. The van der Waals surface area contributed by atoms with Gasteiger partial charge in [-0.1, -0.05) is 41.9 Å². The first-order chi connectivity index (χ1) is 11.4. The van der Waals surface area contributed by atoms with Crippen LogP contribution in [0.5, 0.6) is 0 Å². The highest BCUT2D eigenvalue weighted by molar-refractivity contribution is 8.00. The Hall–Kier alpha value is -2.03. The van der Waals surface area contributed by atoms with Gasteiger partial charge in [0, 0.05) is 5.75 Å². The van der Waals surface area contributed by atoms with Gasteiger partial charge in [0.2, 0.25) is 5.91 Å². The fourth-order valence-corrected chi connectivity index (χ4v) is 4.19. The van der Waals surface area contributed by atoms with Gasteiger partial charge in [0.15, 0.2) is 0 Å². The van der Waals surface area contributed by atoms with Gasteiger partial charge in [-0.25, -0.2) is 4.79 Å². The normalized spacial score (nSPS) is 24.1. The van der Waals surface area contributed by atoms with E-state index in [1.807, 2.05) is 6.07 Å². The third kappa shape index (κ3) is 2.77. The molecule has 0 radical (unpaired) electrons. The molecule has 4 N–H and O–H groups in total. The van der Waals surface area contributed by atoms with Crippen LogP contribution in [-0.2, 0) is 14.4 Å². The van der Waals surface area contributed by atoms with E-state index < -0.39 is 35.2 Å². The molecule has 0 aromatic heterocycles. The number of carboxylic acid groups (broad SMARTS) is 1. The molecule has 3 atom stereocenters. The monoisotopic (exact) mass is 367 g/mol. The van der Waals surface area contributed by atoms with Gasteiger partial charge in [-0.2, -0.15) is 0 Å². The van der Waals surface area contributed by atoms with Gasteiger partial charge in [0.05, 0.1) is 5.03 Å². The molecule has 1 saturated heterocycles. The maximum atomic E-state index is 12.3. The number of benzene rings is 1. The van der Waals surface area contributed by atoms with Crippen molar-refractivity contribution in [3.05, 3.63) is 46.6 Å². The first kappa shape index (κ1) is 16.8. The van der Waals surface area contributed by atoms with Crippen molar-refractivity contribution in [1.29, 1.82) is 0 Å². The zero-order valence-corrected chi connectivity index (χ0v) is 13.9. The topological polar surface area (TPSA) is 113 Å². The van der Waals surface area contributed by atoms with Crippen molar-refractivity contribution in [2.24, 2.45) is 5.73 Å². The number of carbonyl (C=O) groups excluding carboxylic acids is 2. The highest BCUT2D eigenvalue weighted by Crippen LogP contribution is 2.41. The number of nitrogens with two attached hydrogens (primary N) is 1. The van der Waals surface area contributed by atoms with Crippen LogP contribution in [-0.4, -0.2) is 45.0 Å². The van der Waals surface area contributed by atoms with Gasteiger partial charge in [-0.15, -0.1) is 11.8 Å². The molecular weight excluding hydrogens is 354 g/mol. The lowest BCUT2D eigenvalue weighted by Crippen LogP contribution is -2.70. The molecular formula is C15H14ClN3O4S. The number of thioether (sulfide) groups is 1. The average Bonchev–Trinajstić information content (AvgIpc) is 2.59. The summed E-state index contributed by atoms with van der Waals surface area (Å²) in [4.78, 5) is 36.9. The van der Waals surface area contributed by atoms with Crippen LogP contribution in [0.25, 0.3) is 0 Å². The van der Waals surface area contributed by atoms with Gasteiger partial charge < -0.3 is 16.2 Å². The Morgan fingerprint density at radius 3 is 2.67 bits per heavy atom. The third-order valence-corrected chi connectivity index (χ3v) is 5.61. The summed E-state index contributed by atoms with van der Waals surface area (Å²) in [6.45, 7) is 0. The van der Waals surface area contributed by atoms with Crippen LogP contribution in [0.3, 0.4) is 0 Å². The second-order valence-corrected chi connectivity index (χ2v) is 6.90. The Morgan fingerprint density at radius 2 is 2.04 bits per heavy atom. The first-order valence-electron chi connectivity index (χ1n) is 7.09. The number of aliphatic carboxylic acids is 1. The van der Waals surface area contributed by atoms with Gasteiger partial charge in [-0.3, -0.25) is 14.5 Å². The Morgan fingerprint density at radius 1 is 1.38 bits per heavy atom. The molecule has 9 heteroatoms. The van der Waals surface area contributed by atoms with E-state index in [0.29, 0.717) is 5.56 Å². The molecule has 0 saturated carbocycles. The van der Waals surface area contributed by atoms with E-state index in [1.165, 1.54) is 11.8 Å². The smallest absolute Gasteiger partial charge is 0.353 e. The molecule has 0 aliphatic carbocycles. The minimum atomic E-state index is -1.26. The van der Waals surface area contributed by atoms with Crippen molar-refractivity contribution in [2.75, 3.05) is 5.75 Å². The van der Waals surface area contributed by atoms with Crippen molar-refractivity contribution in [3.63, 3.8) is 0 Å². The summed E-state index contributed by atoms with van der Waals surface area (Å²) in [5, 5.41) is 11.4. The van der Waals surface area contributed by atoms with Crippen molar-refractivity contribution in [2.45, 2.75) is 17.5 Å². The summed E-state index contributed by atoms with van der Waals surface area (Å²) in [5.74, 6) is -1.98. The highest BCUT2D eigenvalue weighted by atomic mass is 35.5. The Labute approximate surface area is 146 Å². The Bertz CT molecular complexity index is 739. The van der Waals surface area contributed by atoms with E-state index in [4.69, 9.17) is 17.3 Å². The molecule has 2 unspecified atom stereocenters. The van der Waals surface area contributed by atoms with Gasteiger partial charge in [0.25, 0.3) is 5.91 Å². The van der Waals surface area contributed by atoms with Crippen LogP contribution in [0.4, 0.5) is 0 Å². The molecule has 1 aromatic carbocycles. The molecule has 0 spiro atoms. The summed E-state index contributed by atoms with van der Waals surface area (Å²) in [5.41, 5.74) is 6.32. The highest BCUT2D eigenvalue weighted by Gasteiger charge is 2.54. The van der Waals surface area contributed by atoms with E-state index in [2.05, 4.69) is 5.32 Å². The van der Waals surface area contributed by atoms with Crippen molar-refractivity contribution >= 4 is 41.1 Å². The number of nitrogens with one attached hydrogen (secondary N) is 1. The van der Waals surface area contributed by atoms with Crippen LogP contribution in [0, 0.1) is 0 Å². The van der Waals surface area contributed by atoms with E-state index in [1.54, 1.807) is 24.3 Å². The predicted octanol–water partition coefficient (Wildman–Crippen LogP) is 0.621. The summed E-state index contributed by atoms with van der Waals surface area (Å²) in [7, 11) is 0. The van der Waals surface area contributed by atoms with Crippen LogP contribution < -0.4 is 11.1 Å². The fraction of sp³-hybridized carbons (Fsp3) is 0.267. The molecule has 2 amide bonds. The zero-order valence-electron chi connectivity index (χ0n) is 12.3. The predicted molar refractivity (Wildman–Crippen MR) is 88.9 cm³/mol. The average molecular weight is 368 g/mol. The number of halogens is 1. The van der Waals surface area contributed by atoms with Crippen molar-refractivity contribution < 1.29 is 19.5 Å². The quantitative estimate of drug-likeness (QED) is 0.672. The first-order valence-corrected chi connectivity index (χ1v) is 8.52. The van der Waals surface area contributed by atoms with Gasteiger partial charge in [-0.05, 0) is 5.56 Å². The number of rotatable bonds is 4. The van der Waals surface area contributed by atoms with Gasteiger partial charge in [0.1, 0.15) is 23.2 Å². The van der Waals surface area contributed by atoms with Crippen molar-refractivity contribution in [1.82, 2.24) is 10.2 Å². The molecule has 2 aliphatic heterocycles. The summed E-state index contributed by atoms with van der Waals surface area (Å²) in [6, 6.07) is 7.07. The lowest BCUT2D eigenvalue weighted by atomic mass is 10.0. The largest absolute Gasteiger partial charge is 0.477 e. The third-order valence-electron chi connectivity index (χ3n) is 3.86. The van der Waals surface area contributed by atoms with Crippen LogP contribution in [0.1, 0.15) is 11.6 Å². The number of β-lactam (4-membered cyclic amide) rings is 1. The number of amides is 2. The summed E-state index contributed by atoms with van der Waals surface area (Å²) in [6.07, 6.45) is 0. The Balaban J connectivity index is 1.71. The lowest BCUT2D eigenvalue weighted by molar-refractivity contribution is -0.150. The maximum Gasteiger partial charge on any atom is 0.353 e. The number of carbonyl (C=O) groups is 3. The molecule has 1 aromatic rings. The molecule has 126 valence electrons. The Kier molecular flexibility index (Phi) is 4.53. The minimum absolute atomic E-state index is 0.114. The number of fused-ring (bicyclic) bond motifs is 1. The van der Waals surface area contributed by atoms with Gasteiger partial charge >= 0.3 is 5.97 Å². The lowest BCUT2D eigenvalue weighted by Gasteiger charge is -2.48. The molecule has 24 heavy (non-hydrogen) atoms. The van der Waals surface area contributed by atoms with Crippen LogP contribution in [0.2, 0.25) is 0 Å². The van der Waals surface area contributed by atoms with E-state index in [0.717, 1.165) is 4.90 Å². The van der Waals surface area contributed by atoms with E-state index in [9.17, 15) is 19.5 Å². The number of hydrogen-bond acceptors (Lipinski definition) is 5. The second kappa shape index (κ2) is 6.46. The number of nitrogens with zero attached hydrogens (tertiary/aromatic N) is 1. The summed E-state index contributed by atoms with van der Waals surface area (Å²) < 4.78 is 0. The molecule has 3 rings (SSSR count). The van der Waals surface area contributed by atoms with Crippen molar-refractivity contribution in [3.8, 4) is 0 Å². The minimum Gasteiger partial charge on any atom is -0.477 e. The van der Waals surface area contributed by atoms with E-state index >= 15 is 0 Å². The number of hydrogen-bond donors (Lipinski definition) is 3. The standard InChI is InChI=1S/C15H14ClN3O4S/c16-8-6-24-14-10(13(21)19(14)11(8)15(22)23)18-12(20)9(17)7-4-2-1-3-5-7/h1-5,9-10,14H,6,17H2,(H,18,20)(H,22,23)/t9-,10?,14?/m1/s1. The van der Waals surface area contributed by atoms with Crippen LogP contribution >= 0.6 is 23.4 Å². The molecule has 1 fully saturated rings. The second-order valence-electron chi connectivity index (χ2n) is 5.34. The molecule has 2 heterocycles. The molecule has 7 nitrogen and oxygen atoms in total. The molecule has 2 aliphatic rings. The fourth-order valence-electron chi connectivity index (χ4n) is 2.64. The van der Waals surface area contributed by atoms with Crippen LogP contribution in [0.15, 0.2) is 41.1 Å². The molecule has 0 bridgehead atoms. The summed E-state index contributed by atoms with van der Waals surface area (Å²) >= 11 is 7.20. The SMILES string of the molecule is N[C@@H](C(=O)NC1C(=O)N2C(C(=O)O)=C(Cl)CSC12)c1ccccc1. The van der Waals surface area contributed by atoms with E-state index in [-0.39, 0.29) is 16.5 Å². The zero-order chi connectivity index (χ0) is 17.4. The number of carboxylic acids is 1.